The van der Waals surface area contributed by atoms with E-state index in [-0.39, 0.29) is 18.6 Å². The molecule has 1 aromatic heterocycles. The van der Waals surface area contributed by atoms with Gasteiger partial charge in [-0.2, -0.15) is 0 Å². The van der Waals surface area contributed by atoms with E-state index in [4.69, 9.17) is 9.47 Å². The maximum absolute atomic E-state index is 13.1. The van der Waals surface area contributed by atoms with E-state index in [1.54, 1.807) is 0 Å². The lowest BCUT2D eigenvalue weighted by Crippen LogP contribution is -2.45. The van der Waals surface area contributed by atoms with E-state index in [2.05, 4.69) is 27.8 Å². The molecule has 2 N–H and O–H groups in total. The number of rotatable bonds is 11. The maximum atomic E-state index is 13.1. The summed E-state index contributed by atoms with van der Waals surface area (Å²) in [5, 5.41) is 15.1. The average molecular weight is 481 g/mol. The Morgan fingerprint density at radius 1 is 1.03 bits per heavy atom. The fraction of sp³-hybridized carbons (Fsp3) is 0.360. The van der Waals surface area contributed by atoms with Crippen LogP contribution in [-0.4, -0.2) is 34.8 Å². The molecule has 1 aliphatic heterocycles. The standard InChI is InChI=1S/C25H28N4O4S/c1-2-3-4-8-11-22(30)26-19(14-17-9-6-5-7-10-17)23(31)27-25-29-28-24(34-25)18-12-13-20-21(15-18)33-16-32-20/h5-7,9-10,12-13,15,19H,2-4,8,11,14,16H2,1H3,(H,26,30)(H,27,29,31). The highest BCUT2D eigenvalue weighted by molar-refractivity contribution is 7.18. The summed E-state index contributed by atoms with van der Waals surface area (Å²) in [6, 6.07) is 14.5. The maximum Gasteiger partial charge on any atom is 0.249 e. The van der Waals surface area contributed by atoms with Crippen molar-refractivity contribution in [1.82, 2.24) is 15.5 Å². The Labute approximate surface area is 202 Å². The van der Waals surface area contributed by atoms with Crippen LogP contribution >= 0.6 is 11.3 Å². The molecular weight excluding hydrogens is 452 g/mol. The first-order valence-electron chi connectivity index (χ1n) is 11.5. The number of benzene rings is 2. The SMILES string of the molecule is CCCCCCC(=O)NC(Cc1ccccc1)C(=O)Nc1nnc(-c2ccc3c(c2)OCO3)s1. The third-order valence-corrected chi connectivity index (χ3v) is 6.35. The number of hydrogen-bond acceptors (Lipinski definition) is 7. The molecular formula is C25H28N4O4S. The number of anilines is 1. The van der Waals surface area contributed by atoms with E-state index < -0.39 is 6.04 Å². The highest BCUT2D eigenvalue weighted by atomic mass is 32.1. The van der Waals surface area contributed by atoms with Crippen molar-refractivity contribution in [3.63, 3.8) is 0 Å². The van der Waals surface area contributed by atoms with E-state index >= 15 is 0 Å². The molecule has 1 aliphatic rings. The van der Waals surface area contributed by atoms with Crippen molar-refractivity contribution >= 4 is 28.3 Å². The minimum Gasteiger partial charge on any atom is -0.454 e. The number of ether oxygens (including phenoxy) is 2. The Morgan fingerprint density at radius 3 is 2.68 bits per heavy atom. The molecule has 0 radical (unpaired) electrons. The summed E-state index contributed by atoms with van der Waals surface area (Å²) in [7, 11) is 0. The van der Waals surface area contributed by atoms with Gasteiger partial charge in [-0.25, -0.2) is 0 Å². The molecule has 8 nitrogen and oxygen atoms in total. The zero-order chi connectivity index (χ0) is 23.8. The number of carbonyl (C=O) groups is 2. The van der Waals surface area contributed by atoms with Crippen LogP contribution in [0.15, 0.2) is 48.5 Å². The summed E-state index contributed by atoms with van der Waals surface area (Å²) >= 11 is 1.26. The predicted molar refractivity (Wildman–Crippen MR) is 131 cm³/mol. The van der Waals surface area contributed by atoms with Crippen LogP contribution in [0.1, 0.15) is 44.6 Å². The van der Waals surface area contributed by atoms with Gasteiger partial charge in [-0.3, -0.25) is 14.9 Å². The molecule has 0 bridgehead atoms. The molecule has 34 heavy (non-hydrogen) atoms. The van der Waals surface area contributed by atoms with Gasteiger partial charge in [0.05, 0.1) is 0 Å². The van der Waals surface area contributed by atoms with Crippen LogP contribution in [0.3, 0.4) is 0 Å². The zero-order valence-corrected chi connectivity index (χ0v) is 19.9. The molecule has 0 aliphatic carbocycles. The highest BCUT2D eigenvalue weighted by Gasteiger charge is 2.23. The number of amides is 2. The minimum absolute atomic E-state index is 0.120. The van der Waals surface area contributed by atoms with Crippen molar-refractivity contribution < 1.29 is 19.1 Å². The second-order valence-electron chi connectivity index (χ2n) is 8.09. The van der Waals surface area contributed by atoms with Crippen molar-refractivity contribution in [3.05, 3.63) is 54.1 Å². The Hall–Kier alpha value is -3.46. The van der Waals surface area contributed by atoms with E-state index in [0.29, 0.717) is 34.5 Å². The molecule has 0 fully saturated rings. The third-order valence-electron chi connectivity index (χ3n) is 5.47. The molecule has 0 spiro atoms. The molecule has 2 amide bonds. The first-order valence-corrected chi connectivity index (χ1v) is 12.3. The summed E-state index contributed by atoms with van der Waals surface area (Å²) in [5.41, 5.74) is 1.79. The van der Waals surface area contributed by atoms with Gasteiger partial charge in [0.25, 0.3) is 0 Å². The van der Waals surface area contributed by atoms with E-state index in [0.717, 1.165) is 36.8 Å². The van der Waals surface area contributed by atoms with Crippen molar-refractivity contribution in [2.24, 2.45) is 0 Å². The number of aromatic nitrogens is 2. The van der Waals surface area contributed by atoms with Crippen molar-refractivity contribution in [2.45, 2.75) is 51.5 Å². The van der Waals surface area contributed by atoms with Crippen LogP contribution in [-0.2, 0) is 16.0 Å². The second-order valence-corrected chi connectivity index (χ2v) is 9.07. The first kappa shape index (κ1) is 23.7. The van der Waals surface area contributed by atoms with Gasteiger partial charge in [0, 0.05) is 18.4 Å². The lowest BCUT2D eigenvalue weighted by atomic mass is 10.0. The first-order chi connectivity index (χ1) is 16.6. The fourth-order valence-electron chi connectivity index (χ4n) is 3.65. The summed E-state index contributed by atoms with van der Waals surface area (Å²) < 4.78 is 10.8. The predicted octanol–water partition coefficient (Wildman–Crippen LogP) is 4.57. The lowest BCUT2D eigenvalue weighted by Gasteiger charge is -2.18. The normalized spacial score (nSPS) is 12.9. The molecule has 0 saturated heterocycles. The second kappa shape index (κ2) is 11.6. The van der Waals surface area contributed by atoms with Crippen molar-refractivity contribution in [2.75, 3.05) is 12.1 Å². The molecule has 178 valence electrons. The van der Waals surface area contributed by atoms with Gasteiger partial charge in [-0.05, 0) is 30.2 Å². The minimum atomic E-state index is -0.709. The highest BCUT2D eigenvalue weighted by Crippen LogP contribution is 2.37. The molecule has 4 rings (SSSR count). The van der Waals surface area contributed by atoms with Crippen LogP contribution in [0.4, 0.5) is 5.13 Å². The number of nitrogens with zero attached hydrogens (tertiary/aromatic N) is 2. The van der Waals surface area contributed by atoms with Gasteiger partial charge in [-0.1, -0.05) is 67.9 Å². The monoisotopic (exact) mass is 480 g/mol. The van der Waals surface area contributed by atoms with Crippen LogP contribution in [0.25, 0.3) is 10.6 Å². The summed E-state index contributed by atoms with van der Waals surface area (Å²) in [6.07, 6.45) is 4.83. The Morgan fingerprint density at radius 2 is 1.85 bits per heavy atom. The van der Waals surface area contributed by atoms with E-state index in [1.165, 1.54) is 11.3 Å². The molecule has 0 saturated carbocycles. The summed E-state index contributed by atoms with van der Waals surface area (Å²) in [5.74, 6) is 0.906. The molecule has 3 aromatic rings. The van der Waals surface area contributed by atoms with Gasteiger partial charge in [0.2, 0.25) is 23.7 Å². The Balaban J connectivity index is 1.42. The average Bonchev–Trinajstić information content (AvgIpc) is 3.51. The third kappa shape index (κ3) is 6.32. The molecule has 1 atom stereocenters. The number of hydrogen-bond donors (Lipinski definition) is 2. The topological polar surface area (TPSA) is 102 Å². The molecule has 1 unspecified atom stereocenters. The number of carbonyl (C=O) groups excluding carboxylic acids is 2. The molecule has 2 aromatic carbocycles. The lowest BCUT2D eigenvalue weighted by molar-refractivity contribution is -0.126. The Bertz CT molecular complexity index is 1120. The van der Waals surface area contributed by atoms with Gasteiger partial charge in [0.1, 0.15) is 11.0 Å². The zero-order valence-electron chi connectivity index (χ0n) is 19.1. The van der Waals surface area contributed by atoms with Gasteiger partial charge in [-0.15, -0.1) is 10.2 Å². The van der Waals surface area contributed by atoms with Gasteiger partial charge >= 0.3 is 0 Å². The fourth-order valence-corrected chi connectivity index (χ4v) is 4.39. The van der Waals surface area contributed by atoms with Crippen LogP contribution in [0.2, 0.25) is 0 Å². The van der Waals surface area contributed by atoms with Crippen LogP contribution in [0, 0.1) is 0 Å². The number of unbranched alkanes of at least 4 members (excludes halogenated alkanes) is 3. The quantitative estimate of drug-likeness (QED) is 0.390. The number of fused-ring (bicyclic) bond motifs is 1. The molecule has 2 heterocycles. The largest absolute Gasteiger partial charge is 0.454 e. The Kier molecular flexibility index (Phi) is 8.08. The van der Waals surface area contributed by atoms with Crippen molar-refractivity contribution in [1.29, 1.82) is 0 Å². The summed E-state index contributed by atoms with van der Waals surface area (Å²) in [6.45, 7) is 2.33. The smallest absolute Gasteiger partial charge is 0.249 e. The van der Waals surface area contributed by atoms with Gasteiger partial charge in [0.15, 0.2) is 11.5 Å². The van der Waals surface area contributed by atoms with Gasteiger partial charge < -0.3 is 14.8 Å². The van der Waals surface area contributed by atoms with Crippen LogP contribution in [0.5, 0.6) is 11.5 Å². The van der Waals surface area contributed by atoms with Crippen molar-refractivity contribution in [3.8, 4) is 22.1 Å². The van der Waals surface area contributed by atoms with Crippen LogP contribution < -0.4 is 20.1 Å². The number of nitrogens with one attached hydrogen (secondary N) is 2. The van der Waals surface area contributed by atoms with E-state index in [1.807, 2.05) is 48.5 Å². The summed E-state index contributed by atoms with van der Waals surface area (Å²) in [4.78, 5) is 25.6. The molecule has 9 heteroatoms. The van der Waals surface area contributed by atoms with E-state index in [9.17, 15) is 9.59 Å².